The van der Waals surface area contributed by atoms with Gasteiger partial charge in [0.15, 0.2) is 17.7 Å². The lowest BCUT2D eigenvalue weighted by Crippen LogP contribution is -2.44. The van der Waals surface area contributed by atoms with Gasteiger partial charge in [-0.3, -0.25) is 4.57 Å². The molecule has 5 atom stereocenters. The van der Waals surface area contributed by atoms with Crippen molar-refractivity contribution in [3.8, 4) is 0 Å². The van der Waals surface area contributed by atoms with E-state index in [1.807, 2.05) is 6.07 Å². The van der Waals surface area contributed by atoms with Gasteiger partial charge in [-0.15, -0.1) is 11.3 Å². The molecule has 0 radical (unpaired) electrons. The van der Waals surface area contributed by atoms with E-state index in [1.165, 1.54) is 27.7 Å². The third-order valence-electron chi connectivity index (χ3n) is 6.01. The quantitative estimate of drug-likeness (QED) is 0.241. The molecule has 0 amide bonds. The molecule has 5 rings (SSSR count). The zero-order valence-electron chi connectivity index (χ0n) is 18.5. The molecular weight excluding hydrogens is 512 g/mol. The molecule has 0 saturated carbocycles. The number of ether oxygens (including phenoxy) is 2. The minimum atomic E-state index is -1.84. The fraction of sp³-hybridized carbons (Fsp3) is 0.318. The second-order valence-electron chi connectivity index (χ2n) is 8.23. The van der Waals surface area contributed by atoms with Gasteiger partial charge in [0.05, 0.1) is 24.1 Å². The number of thiazole rings is 1. The molecule has 188 valence electrons. The van der Waals surface area contributed by atoms with E-state index >= 15 is 0 Å². The standard InChI is InChI=1S/C22H21ClN6O6S/c23-21-27-17(24)14-18(28-21)29(9-25-14)19-16(31)15(30)12(35-19)7-34-22(20(32)33,13-8-36-10-26-13)6-11-4-2-1-3-5-11/h1-5,8-10,12,15-16,19,30-31H,6-7H2,(H,32,33)(H2,24,27,28)/t12-,15-,16-,19-,22?/m1/s1. The Bertz CT molecular complexity index is 1370. The summed E-state index contributed by atoms with van der Waals surface area (Å²) in [5, 5.41) is 33.2. The largest absolute Gasteiger partial charge is 0.479 e. The molecule has 1 unspecified atom stereocenters. The average molecular weight is 533 g/mol. The van der Waals surface area contributed by atoms with Gasteiger partial charge in [0, 0.05) is 11.8 Å². The predicted molar refractivity (Wildman–Crippen MR) is 128 cm³/mol. The number of anilines is 1. The molecule has 1 aliphatic rings. The summed E-state index contributed by atoms with van der Waals surface area (Å²) in [6, 6.07) is 9.00. The van der Waals surface area contributed by atoms with E-state index in [-0.39, 0.29) is 41.0 Å². The Hall–Kier alpha value is -3.20. The monoisotopic (exact) mass is 532 g/mol. The van der Waals surface area contributed by atoms with Gasteiger partial charge in [0.2, 0.25) is 10.9 Å². The summed E-state index contributed by atoms with van der Waals surface area (Å²) in [7, 11) is 0. The van der Waals surface area contributed by atoms with Gasteiger partial charge in [-0.05, 0) is 17.2 Å². The summed E-state index contributed by atoms with van der Waals surface area (Å²) >= 11 is 7.16. The first-order chi connectivity index (χ1) is 17.3. The van der Waals surface area contributed by atoms with Gasteiger partial charge in [-0.1, -0.05) is 30.3 Å². The van der Waals surface area contributed by atoms with Crippen molar-refractivity contribution in [2.45, 2.75) is 36.6 Å². The normalized spacial score (nSPS) is 23.6. The van der Waals surface area contributed by atoms with Crippen LogP contribution in [-0.4, -0.2) is 70.7 Å². The third-order valence-corrected chi connectivity index (χ3v) is 6.77. The highest BCUT2D eigenvalue weighted by molar-refractivity contribution is 7.07. The number of fused-ring (bicyclic) bond motifs is 1. The number of carboxylic acids is 1. The molecule has 0 spiro atoms. The topological polar surface area (TPSA) is 179 Å². The van der Waals surface area contributed by atoms with Crippen LogP contribution >= 0.6 is 22.9 Å². The number of carboxylic acid groups (broad SMARTS) is 1. The van der Waals surface area contributed by atoms with E-state index < -0.39 is 36.1 Å². The molecule has 1 fully saturated rings. The van der Waals surface area contributed by atoms with Crippen LogP contribution in [0.15, 0.2) is 47.5 Å². The number of carbonyl (C=O) groups is 1. The van der Waals surface area contributed by atoms with Crippen LogP contribution in [0.1, 0.15) is 17.5 Å². The summed E-state index contributed by atoms with van der Waals surface area (Å²) in [5.74, 6) is -1.20. The van der Waals surface area contributed by atoms with Crippen LogP contribution in [0.3, 0.4) is 0 Å². The molecule has 1 aromatic carbocycles. The molecule has 5 N–H and O–H groups in total. The first-order valence-electron chi connectivity index (χ1n) is 10.8. The van der Waals surface area contributed by atoms with E-state index in [4.69, 9.17) is 26.8 Å². The maximum atomic E-state index is 12.6. The lowest BCUT2D eigenvalue weighted by molar-refractivity contribution is -0.177. The van der Waals surface area contributed by atoms with Crippen molar-refractivity contribution in [3.63, 3.8) is 0 Å². The fourth-order valence-electron chi connectivity index (χ4n) is 4.18. The predicted octanol–water partition coefficient (Wildman–Crippen LogP) is 1.38. The van der Waals surface area contributed by atoms with Crippen LogP contribution in [-0.2, 0) is 26.3 Å². The lowest BCUT2D eigenvalue weighted by atomic mass is 9.91. The van der Waals surface area contributed by atoms with Crippen LogP contribution < -0.4 is 5.73 Å². The SMILES string of the molecule is Nc1nc(Cl)nc2c1ncn2[C@@H]1O[C@H](COC(Cc2ccccc2)(C(=O)O)c2cscn2)[C@@H](O)[C@H]1O. The van der Waals surface area contributed by atoms with E-state index in [0.717, 1.165) is 5.56 Å². The lowest BCUT2D eigenvalue weighted by Gasteiger charge is -2.30. The number of nitrogen functional groups attached to an aromatic ring is 1. The Morgan fingerprint density at radius 2 is 2.00 bits per heavy atom. The number of rotatable bonds is 8. The minimum absolute atomic E-state index is 0.0114. The maximum Gasteiger partial charge on any atom is 0.342 e. The Balaban J connectivity index is 1.42. The summed E-state index contributed by atoms with van der Waals surface area (Å²) in [6.07, 6.45) is -3.67. The molecule has 0 aliphatic carbocycles. The van der Waals surface area contributed by atoms with Gasteiger partial charge < -0.3 is 30.5 Å². The summed E-state index contributed by atoms with van der Waals surface area (Å²) in [4.78, 5) is 28.9. The fourth-order valence-corrected chi connectivity index (χ4v) is 4.96. The first-order valence-corrected chi connectivity index (χ1v) is 12.1. The van der Waals surface area contributed by atoms with Crippen LogP contribution in [0.5, 0.6) is 0 Å². The number of benzene rings is 1. The summed E-state index contributed by atoms with van der Waals surface area (Å²) < 4.78 is 13.3. The smallest absolute Gasteiger partial charge is 0.342 e. The Morgan fingerprint density at radius 1 is 1.22 bits per heavy atom. The van der Waals surface area contributed by atoms with Crippen molar-refractivity contribution >= 4 is 45.9 Å². The van der Waals surface area contributed by atoms with Gasteiger partial charge >= 0.3 is 5.97 Å². The number of hydrogen-bond donors (Lipinski definition) is 4. The van der Waals surface area contributed by atoms with Crippen LogP contribution in [0.2, 0.25) is 5.28 Å². The van der Waals surface area contributed by atoms with Crippen molar-refractivity contribution in [3.05, 3.63) is 64.1 Å². The molecule has 4 heterocycles. The molecule has 1 aliphatic heterocycles. The Morgan fingerprint density at radius 3 is 2.69 bits per heavy atom. The first kappa shape index (κ1) is 24.5. The molecule has 1 saturated heterocycles. The highest BCUT2D eigenvalue weighted by Gasteiger charge is 2.49. The second-order valence-corrected chi connectivity index (χ2v) is 9.28. The van der Waals surface area contributed by atoms with Crippen molar-refractivity contribution < 1.29 is 29.6 Å². The van der Waals surface area contributed by atoms with Gasteiger partial charge in [-0.25, -0.2) is 14.8 Å². The Labute approximate surface area is 212 Å². The van der Waals surface area contributed by atoms with Crippen molar-refractivity contribution in [2.75, 3.05) is 12.3 Å². The van der Waals surface area contributed by atoms with E-state index in [1.54, 1.807) is 29.6 Å². The number of halogens is 1. The highest BCUT2D eigenvalue weighted by atomic mass is 35.5. The number of hydrogen-bond acceptors (Lipinski definition) is 11. The van der Waals surface area contributed by atoms with Gasteiger partial charge in [0.25, 0.3) is 0 Å². The zero-order valence-corrected chi connectivity index (χ0v) is 20.1. The van der Waals surface area contributed by atoms with Crippen molar-refractivity contribution in [1.82, 2.24) is 24.5 Å². The summed E-state index contributed by atoms with van der Waals surface area (Å²) in [5.41, 5.74) is 6.92. The van der Waals surface area contributed by atoms with Crippen molar-refractivity contribution in [2.24, 2.45) is 0 Å². The maximum absolute atomic E-state index is 12.6. The van der Waals surface area contributed by atoms with Crippen molar-refractivity contribution in [1.29, 1.82) is 0 Å². The number of aliphatic carboxylic acids is 1. The van der Waals surface area contributed by atoms with Gasteiger partial charge in [0.1, 0.15) is 23.8 Å². The minimum Gasteiger partial charge on any atom is -0.479 e. The number of aliphatic hydroxyl groups excluding tert-OH is 2. The van der Waals surface area contributed by atoms with E-state index in [0.29, 0.717) is 0 Å². The molecule has 3 aromatic heterocycles. The molecule has 0 bridgehead atoms. The Kier molecular flexibility index (Phi) is 6.59. The van der Waals surface area contributed by atoms with Crippen LogP contribution in [0, 0.1) is 0 Å². The second kappa shape index (κ2) is 9.69. The summed E-state index contributed by atoms with van der Waals surface area (Å²) in [6.45, 7) is -0.351. The number of nitrogens with two attached hydrogens (primary N) is 1. The van der Waals surface area contributed by atoms with E-state index in [2.05, 4.69) is 19.9 Å². The highest BCUT2D eigenvalue weighted by Crippen LogP contribution is 2.36. The molecule has 4 aromatic rings. The zero-order chi connectivity index (χ0) is 25.4. The van der Waals surface area contributed by atoms with E-state index in [9.17, 15) is 20.1 Å². The third kappa shape index (κ3) is 4.30. The molecular formula is C22H21ClN6O6S. The molecule has 36 heavy (non-hydrogen) atoms. The van der Waals surface area contributed by atoms with Crippen LogP contribution in [0.4, 0.5) is 5.82 Å². The van der Waals surface area contributed by atoms with Crippen LogP contribution in [0.25, 0.3) is 11.2 Å². The molecule has 12 nitrogen and oxygen atoms in total. The average Bonchev–Trinajstić information content (AvgIpc) is 3.59. The van der Waals surface area contributed by atoms with Gasteiger partial charge in [-0.2, -0.15) is 9.97 Å². The number of aliphatic hydroxyl groups is 2. The number of imidazole rings is 1. The number of aromatic nitrogens is 5. The molecule has 14 heteroatoms. The number of nitrogens with zero attached hydrogens (tertiary/aromatic N) is 5.